The second-order valence-corrected chi connectivity index (χ2v) is 10.3. The number of carbonyl (C=O) groups is 1. The molecule has 1 aliphatic carbocycles. The number of aliphatic imine (C=N–C) groups is 2. The first-order valence-electron chi connectivity index (χ1n) is 13.8. The Kier molecular flexibility index (Phi) is 11.3. The maximum Gasteiger partial charge on any atom is 0.241 e. The van der Waals surface area contributed by atoms with Crippen LogP contribution in [0.3, 0.4) is 0 Å². The molecule has 0 radical (unpaired) electrons. The molecular formula is C31H43FN6O. The van der Waals surface area contributed by atoms with Gasteiger partial charge in [-0.05, 0) is 69.2 Å². The van der Waals surface area contributed by atoms with E-state index in [1.54, 1.807) is 31.2 Å². The fourth-order valence-electron chi connectivity index (χ4n) is 5.11. The van der Waals surface area contributed by atoms with E-state index in [0.29, 0.717) is 30.5 Å². The van der Waals surface area contributed by atoms with Crippen LogP contribution < -0.4 is 5.32 Å². The van der Waals surface area contributed by atoms with Gasteiger partial charge in [0.05, 0.1) is 18.8 Å². The fraction of sp³-hybridized carbons (Fsp3) is 0.516. The minimum Gasteiger partial charge on any atom is -0.362 e. The molecule has 0 spiro atoms. The third kappa shape index (κ3) is 8.27. The van der Waals surface area contributed by atoms with E-state index < -0.39 is 0 Å². The predicted molar refractivity (Wildman–Crippen MR) is 159 cm³/mol. The molecule has 0 aromatic carbocycles. The minimum absolute atomic E-state index is 0.0368. The average Bonchev–Trinajstić information content (AvgIpc) is 3.17. The van der Waals surface area contributed by atoms with Crippen LogP contribution in [-0.4, -0.2) is 85.0 Å². The summed E-state index contributed by atoms with van der Waals surface area (Å²) in [4.78, 5) is 27.9. The molecule has 1 fully saturated rings. The highest BCUT2D eigenvalue weighted by Crippen LogP contribution is 2.30. The number of amidine groups is 1. The first-order valence-corrected chi connectivity index (χ1v) is 13.8. The minimum atomic E-state index is -0.300. The zero-order chi connectivity index (χ0) is 28.4. The SMILES string of the molecule is C#CN1C(NCC(=O)N2CCCN(CC3=C(C)C(C)=CCC3C)CC2)=CC(C/C=C\C(F)=C/C)N=C1C=NC. The van der Waals surface area contributed by atoms with Crippen molar-refractivity contribution in [1.29, 1.82) is 0 Å². The second-order valence-electron chi connectivity index (χ2n) is 10.3. The van der Waals surface area contributed by atoms with Gasteiger partial charge in [0.1, 0.15) is 11.6 Å². The number of allylic oxidation sites excluding steroid dienone is 6. The first kappa shape index (κ1) is 30.1. The molecule has 2 aliphatic heterocycles. The normalized spacial score (nSPS) is 23.5. The Bertz CT molecular complexity index is 1150. The maximum atomic E-state index is 13.5. The van der Waals surface area contributed by atoms with Crippen molar-refractivity contribution >= 4 is 18.0 Å². The summed E-state index contributed by atoms with van der Waals surface area (Å²) in [7, 11) is 1.65. The van der Waals surface area contributed by atoms with Crippen LogP contribution in [0.2, 0.25) is 0 Å². The van der Waals surface area contributed by atoms with Gasteiger partial charge in [-0.2, -0.15) is 0 Å². The summed E-state index contributed by atoms with van der Waals surface area (Å²) >= 11 is 0. The number of amides is 1. The monoisotopic (exact) mass is 534 g/mol. The molecule has 3 rings (SSSR count). The summed E-state index contributed by atoms with van der Waals surface area (Å²) in [6.45, 7) is 12.8. The van der Waals surface area contributed by atoms with E-state index in [1.807, 2.05) is 11.0 Å². The lowest BCUT2D eigenvalue weighted by Gasteiger charge is -2.29. The molecule has 2 unspecified atom stereocenters. The number of halogens is 1. The van der Waals surface area contributed by atoms with E-state index in [2.05, 4.69) is 53.1 Å². The molecule has 3 aliphatic rings. The molecule has 1 N–H and O–H groups in total. The van der Waals surface area contributed by atoms with Gasteiger partial charge < -0.3 is 10.2 Å². The van der Waals surface area contributed by atoms with E-state index >= 15 is 0 Å². The van der Waals surface area contributed by atoms with Gasteiger partial charge in [-0.15, -0.1) is 0 Å². The van der Waals surface area contributed by atoms with Gasteiger partial charge in [0.15, 0.2) is 5.84 Å². The standard InChI is InChI=1S/C31H43FN6O/c1-7-26(32)11-9-12-27-19-29(38(8-2)30(35-27)20-33-6)34-21-31(39)37-16-10-15-36(17-18-37)22-28-24(4)14-13-23(3)25(28)5/h2,7,9,11,13,19-20,24,27,34H,10,12,14-18,21-22H2,1,3-6H3/b11-9-,26-7+,33-20?. The molecule has 2 atom stereocenters. The zero-order valence-corrected chi connectivity index (χ0v) is 24.1. The van der Waals surface area contributed by atoms with E-state index in [0.717, 1.165) is 39.0 Å². The lowest BCUT2D eigenvalue weighted by Crippen LogP contribution is -2.44. The molecule has 2 heterocycles. The van der Waals surface area contributed by atoms with Gasteiger partial charge >= 0.3 is 0 Å². The first-order chi connectivity index (χ1) is 18.8. The largest absolute Gasteiger partial charge is 0.362 e. The second kappa shape index (κ2) is 14.6. The molecule has 210 valence electrons. The summed E-state index contributed by atoms with van der Waals surface area (Å²) in [5.74, 6) is 1.41. The Hall–Kier alpha value is -3.44. The predicted octanol–water partition coefficient (Wildman–Crippen LogP) is 4.45. The average molecular weight is 535 g/mol. The zero-order valence-electron chi connectivity index (χ0n) is 24.1. The molecule has 1 amide bonds. The summed E-state index contributed by atoms with van der Waals surface area (Å²) < 4.78 is 13.5. The van der Waals surface area contributed by atoms with Crippen molar-refractivity contribution in [1.82, 2.24) is 20.0 Å². The van der Waals surface area contributed by atoms with Gasteiger partial charge in [-0.1, -0.05) is 37.1 Å². The van der Waals surface area contributed by atoms with Crippen LogP contribution in [-0.2, 0) is 4.79 Å². The van der Waals surface area contributed by atoms with Gasteiger partial charge in [-0.25, -0.2) is 9.29 Å². The van der Waals surface area contributed by atoms with Crippen molar-refractivity contribution < 1.29 is 9.18 Å². The van der Waals surface area contributed by atoms with Crippen LogP contribution >= 0.6 is 0 Å². The van der Waals surface area contributed by atoms with Crippen molar-refractivity contribution in [3.05, 3.63) is 58.7 Å². The van der Waals surface area contributed by atoms with Crippen LogP contribution in [0.25, 0.3) is 0 Å². The Morgan fingerprint density at radius 1 is 1.31 bits per heavy atom. The van der Waals surface area contributed by atoms with Crippen LogP contribution in [0.1, 0.15) is 47.0 Å². The summed E-state index contributed by atoms with van der Waals surface area (Å²) in [5, 5.41) is 3.24. The van der Waals surface area contributed by atoms with Crippen molar-refractivity contribution in [3.8, 4) is 12.5 Å². The van der Waals surface area contributed by atoms with E-state index in [1.165, 1.54) is 28.9 Å². The molecule has 0 bridgehead atoms. The smallest absolute Gasteiger partial charge is 0.241 e. The quantitative estimate of drug-likeness (QED) is 0.270. The highest BCUT2D eigenvalue weighted by Gasteiger charge is 2.25. The summed E-state index contributed by atoms with van der Waals surface area (Å²) in [5.41, 5.74) is 4.34. The molecule has 1 saturated heterocycles. The molecule has 0 aromatic rings. The van der Waals surface area contributed by atoms with Gasteiger partial charge in [0, 0.05) is 45.8 Å². The molecule has 39 heavy (non-hydrogen) atoms. The Labute approximate surface area is 233 Å². The number of rotatable bonds is 9. The lowest BCUT2D eigenvalue weighted by atomic mass is 9.85. The van der Waals surface area contributed by atoms with Crippen molar-refractivity contribution in [2.24, 2.45) is 15.9 Å². The van der Waals surface area contributed by atoms with Gasteiger partial charge in [0.2, 0.25) is 5.91 Å². The highest BCUT2D eigenvalue weighted by molar-refractivity contribution is 6.30. The summed E-state index contributed by atoms with van der Waals surface area (Å²) in [6.07, 6.45) is 18.7. The van der Waals surface area contributed by atoms with Gasteiger partial charge in [-0.3, -0.25) is 19.7 Å². The third-order valence-electron chi connectivity index (χ3n) is 7.62. The van der Waals surface area contributed by atoms with Crippen LogP contribution in [0, 0.1) is 18.4 Å². The van der Waals surface area contributed by atoms with E-state index in [-0.39, 0.29) is 24.3 Å². The number of nitrogens with zero attached hydrogens (tertiary/aromatic N) is 5. The molecule has 7 nitrogen and oxygen atoms in total. The van der Waals surface area contributed by atoms with Crippen LogP contribution in [0.15, 0.2) is 68.7 Å². The molecule has 0 saturated carbocycles. The maximum absolute atomic E-state index is 13.5. The molecule has 0 aromatic heterocycles. The van der Waals surface area contributed by atoms with E-state index in [9.17, 15) is 9.18 Å². The number of hydrogen-bond acceptors (Lipinski definition) is 6. The highest BCUT2D eigenvalue weighted by atomic mass is 19.1. The summed E-state index contributed by atoms with van der Waals surface area (Å²) in [6, 6.07) is 2.36. The number of hydrogen-bond donors (Lipinski definition) is 1. The Balaban J connectivity index is 1.61. The van der Waals surface area contributed by atoms with Crippen molar-refractivity contribution in [2.45, 2.75) is 53.0 Å². The number of terminal acetylenes is 1. The van der Waals surface area contributed by atoms with E-state index in [4.69, 9.17) is 6.42 Å². The molecular weight excluding hydrogens is 491 g/mol. The fourth-order valence-corrected chi connectivity index (χ4v) is 5.11. The van der Waals surface area contributed by atoms with Crippen LogP contribution in [0.4, 0.5) is 4.39 Å². The topological polar surface area (TPSA) is 63.5 Å². The number of carbonyl (C=O) groups excluding carboxylic acids is 1. The lowest BCUT2D eigenvalue weighted by molar-refractivity contribution is -0.130. The molecule has 8 heteroatoms. The van der Waals surface area contributed by atoms with Crippen LogP contribution in [0.5, 0.6) is 0 Å². The van der Waals surface area contributed by atoms with Crippen molar-refractivity contribution in [2.75, 3.05) is 46.3 Å². The van der Waals surface area contributed by atoms with Crippen molar-refractivity contribution in [3.63, 3.8) is 0 Å². The third-order valence-corrected chi connectivity index (χ3v) is 7.62. The Morgan fingerprint density at radius 3 is 2.82 bits per heavy atom. The number of nitrogens with one attached hydrogen (secondary N) is 1. The Morgan fingerprint density at radius 2 is 2.10 bits per heavy atom. The van der Waals surface area contributed by atoms with Gasteiger partial charge in [0.25, 0.3) is 0 Å².